The molecule has 1 aromatic rings. The van der Waals surface area contributed by atoms with Crippen molar-refractivity contribution >= 4 is 5.97 Å². The van der Waals surface area contributed by atoms with Crippen molar-refractivity contribution in [3.05, 3.63) is 35.4 Å². The molecule has 1 fully saturated rings. The summed E-state index contributed by atoms with van der Waals surface area (Å²) in [5, 5.41) is 3.29. The summed E-state index contributed by atoms with van der Waals surface area (Å²) in [5.74, 6) is 0.486. The van der Waals surface area contributed by atoms with E-state index in [0.29, 0.717) is 6.61 Å². The molecule has 0 heterocycles. The zero-order chi connectivity index (χ0) is 13.7. The lowest BCUT2D eigenvalue weighted by atomic mass is 10.0. The van der Waals surface area contributed by atoms with Crippen LogP contribution in [-0.4, -0.2) is 26.7 Å². The van der Waals surface area contributed by atoms with Crippen LogP contribution in [0.15, 0.2) is 24.3 Å². The lowest BCUT2D eigenvalue weighted by molar-refractivity contribution is -0.143. The van der Waals surface area contributed by atoms with Gasteiger partial charge in [-0.1, -0.05) is 24.3 Å². The molecule has 0 spiro atoms. The quantitative estimate of drug-likeness (QED) is 0.765. The number of esters is 1. The molecule has 0 aromatic heterocycles. The van der Waals surface area contributed by atoms with Crippen LogP contribution in [0, 0.1) is 5.92 Å². The van der Waals surface area contributed by atoms with E-state index < -0.39 is 0 Å². The Balaban J connectivity index is 2.04. The first kappa shape index (κ1) is 14.0. The van der Waals surface area contributed by atoms with Gasteiger partial charge in [-0.25, -0.2) is 4.79 Å². The topological polar surface area (TPSA) is 47.6 Å². The smallest absolute Gasteiger partial charge is 0.327 e. The molecule has 1 aliphatic rings. The van der Waals surface area contributed by atoms with Crippen molar-refractivity contribution in [1.82, 2.24) is 5.32 Å². The third-order valence-electron chi connectivity index (χ3n) is 3.37. The first-order valence-electron chi connectivity index (χ1n) is 6.63. The minimum atomic E-state index is -0.373. The number of hydrogen-bond donors (Lipinski definition) is 1. The van der Waals surface area contributed by atoms with Gasteiger partial charge in [0.2, 0.25) is 0 Å². The summed E-state index contributed by atoms with van der Waals surface area (Å²) >= 11 is 0. The van der Waals surface area contributed by atoms with Gasteiger partial charge in [-0.3, -0.25) is 0 Å². The maximum absolute atomic E-state index is 11.8. The van der Waals surface area contributed by atoms with E-state index in [0.717, 1.165) is 23.6 Å². The van der Waals surface area contributed by atoms with E-state index in [4.69, 9.17) is 9.47 Å². The van der Waals surface area contributed by atoms with Crippen LogP contribution in [0.2, 0.25) is 0 Å². The molecular formula is C15H21NO3. The van der Waals surface area contributed by atoms with Crippen molar-refractivity contribution in [1.29, 1.82) is 0 Å². The van der Waals surface area contributed by atoms with Crippen molar-refractivity contribution < 1.29 is 14.3 Å². The molecule has 4 heteroatoms. The largest absolute Gasteiger partial charge is 0.468 e. The van der Waals surface area contributed by atoms with Crippen molar-refractivity contribution in [3.63, 3.8) is 0 Å². The van der Waals surface area contributed by atoms with Crippen LogP contribution in [0.1, 0.15) is 30.0 Å². The number of rotatable bonds is 7. The Labute approximate surface area is 114 Å². The normalized spacial score (nSPS) is 16.1. The second-order valence-corrected chi connectivity index (χ2v) is 4.98. The maximum Gasteiger partial charge on any atom is 0.327 e. The monoisotopic (exact) mass is 263 g/mol. The summed E-state index contributed by atoms with van der Waals surface area (Å²) in [4.78, 5) is 11.8. The molecule has 1 saturated carbocycles. The molecule has 19 heavy (non-hydrogen) atoms. The Morgan fingerprint density at radius 1 is 1.32 bits per heavy atom. The Kier molecular flexibility index (Phi) is 4.93. The molecule has 0 aliphatic heterocycles. The summed E-state index contributed by atoms with van der Waals surface area (Å²) in [6.07, 6.45) is 2.52. The third-order valence-corrected chi connectivity index (χ3v) is 3.37. The lowest BCUT2D eigenvalue weighted by Crippen LogP contribution is -2.31. The highest BCUT2D eigenvalue weighted by atomic mass is 16.5. The zero-order valence-electron chi connectivity index (χ0n) is 11.5. The van der Waals surface area contributed by atoms with Gasteiger partial charge in [-0.15, -0.1) is 0 Å². The van der Waals surface area contributed by atoms with Gasteiger partial charge in [0.05, 0.1) is 13.7 Å². The van der Waals surface area contributed by atoms with Crippen LogP contribution < -0.4 is 5.32 Å². The Hall–Kier alpha value is -1.39. The van der Waals surface area contributed by atoms with E-state index >= 15 is 0 Å². The predicted octanol–water partition coefficient (Wildman–Crippen LogP) is 2.05. The van der Waals surface area contributed by atoms with Gasteiger partial charge in [-0.05, 0) is 36.4 Å². The minimum absolute atomic E-state index is 0.236. The lowest BCUT2D eigenvalue weighted by Gasteiger charge is -2.17. The van der Waals surface area contributed by atoms with E-state index in [1.165, 1.54) is 20.0 Å². The van der Waals surface area contributed by atoms with Crippen LogP contribution in [0.25, 0.3) is 0 Å². The van der Waals surface area contributed by atoms with Gasteiger partial charge in [-0.2, -0.15) is 0 Å². The van der Waals surface area contributed by atoms with Crippen LogP contribution in [0.4, 0.5) is 0 Å². The molecule has 0 radical (unpaired) electrons. The number of carbonyl (C=O) groups is 1. The second kappa shape index (κ2) is 6.68. The van der Waals surface area contributed by atoms with Gasteiger partial charge >= 0.3 is 5.97 Å². The van der Waals surface area contributed by atoms with Crippen molar-refractivity contribution in [2.45, 2.75) is 25.5 Å². The summed E-state index contributed by atoms with van der Waals surface area (Å²) < 4.78 is 9.95. The Morgan fingerprint density at radius 2 is 2.00 bits per heavy atom. The van der Waals surface area contributed by atoms with Gasteiger partial charge in [0.15, 0.2) is 0 Å². The maximum atomic E-state index is 11.8. The van der Waals surface area contributed by atoms with E-state index in [-0.39, 0.29) is 12.0 Å². The van der Waals surface area contributed by atoms with E-state index in [9.17, 15) is 4.79 Å². The zero-order valence-corrected chi connectivity index (χ0v) is 11.5. The third kappa shape index (κ3) is 4.04. The molecule has 1 unspecified atom stereocenters. The van der Waals surface area contributed by atoms with Crippen LogP contribution in [0.3, 0.4) is 0 Å². The Bertz CT molecular complexity index is 412. The van der Waals surface area contributed by atoms with Gasteiger partial charge < -0.3 is 14.8 Å². The van der Waals surface area contributed by atoms with E-state index in [2.05, 4.69) is 5.32 Å². The number of carbonyl (C=O) groups excluding carboxylic acids is 1. The number of nitrogens with one attached hydrogen (secondary N) is 1. The van der Waals surface area contributed by atoms with Crippen LogP contribution >= 0.6 is 0 Å². The molecule has 1 N–H and O–H groups in total. The van der Waals surface area contributed by atoms with Gasteiger partial charge in [0, 0.05) is 7.11 Å². The first-order chi connectivity index (χ1) is 9.24. The Morgan fingerprint density at radius 3 is 2.53 bits per heavy atom. The second-order valence-electron chi connectivity index (χ2n) is 4.98. The fraction of sp³-hybridized carbons (Fsp3) is 0.533. The number of methoxy groups -OCH3 is 2. The van der Waals surface area contributed by atoms with Gasteiger partial charge in [0.25, 0.3) is 0 Å². The number of benzene rings is 1. The molecule has 4 nitrogen and oxygen atoms in total. The SMILES string of the molecule is COCc1ccc(C(NCC2CC2)C(=O)OC)cc1. The molecule has 1 aliphatic carbocycles. The molecule has 0 amide bonds. The fourth-order valence-corrected chi connectivity index (χ4v) is 2.03. The molecule has 0 saturated heterocycles. The summed E-state index contributed by atoms with van der Waals surface area (Å²) in [6.45, 7) is 1.46. The van der Waals surface area contributed by atoms with Gasteiger partial charge in [0.1, 0.15) is 6.04 Å². The average molecular weight is 263 g/mol. The highest BCUT2D eigenvalue weighted by Gasteiger charge is 2.26. The van der Waals surface area contributed by atoms with Crippen molar-refractivity contribution in [2.24, 2.45) is 5.92 Å². The standard InChI is InChI=1S/C15H21NO3/c1-18-10-12-5-7-13(8-6-12)14(15(17)19-2)16-9-11-3-4-11/h5-8,11,14,16H,3-4,9-10H2,1-2H3. The van der Waals surface area contributed by atoms with E-state index in [1.807, 2.05) is 24.3 Å². The van der Waals surface area contributed by atoms with Crippen LogP contribution in [-0.2, 0) is 20.9 Å². The minimum Gasteiger partial charge on any atom is -0.468 e. The molecule has 1 aromatic carbocycles. The highest BCUT2D eigenvalue weighted by Crippen LogP contribution is 2.28. The molecule has 1 atom stereocenters. The number of ether oxygens (including phenoxy) is 2. The van der Waals surface area contributed by atoms with Crippen molar-refractivity contribution in [2.75, 3.05) is 20.8 Å². The first-order valence-corrected chi connectivity index (χ1v) is 6.63. The average Bonchev–Trinajstić information content (AvgIpc) is 3.25. The molecular weight excluding hydrogens is 242 g/mol. The molecule has 104 valence electrons. The number of hydrogen-bond acceptors (Lipinski definition) is 4. The van der Waals surface area contributed by atoms with Crippen molar-refractivity contribution in [3.8, 4) is 0 Å². The molecule has 2 rings (SSSR count). The fourth-order valence-electron chi connectivity index (χ4n) is 2.03. The molecule has 0 bridgehead atoms. The summed E-state index contributed by atoms with van der Waals surface area (Å²) in [7, 11) is 3.09. The summed E-state index contributed by atoms with van der Waals surface area (Å²) in [6, 6.07) is 7.49. The van der Waals surface area contributed by atoms with Crippen LogP contribution in [0.5, 0.6) is 0 Å². The van der Waals surface area contributed by atoms with E-state index in [1.54, 1.807) is 7.11 Å². The summed E-state index contributed by atoms with van der Waals surface area (Å²) in [5.41, 5.74) is 2.03. The predicted molar refractivity (Wildman–Crippen MR) is 72.6 cm³/mol. The highest BCUT2D eigenvalue weighted by molar-refractivity contribution is 5.77.